The fraction of sp³-hybridized carbons (Fsp3) is 0.435. The first-order valence-corrected chi connectivity index (χ1v) is 12.2. The van der Waals surface area contributed by atoms with Crippen molar-refractivity contribution in [1.82, 2.24) is 9.62 Å². The Kier molecular flexibility index (Phi) is 7.22. The van der Waals surface area contributed by atoms with Gasteiger partial charge in [-0.1, -0.05) is 54.1 Å². The Balaban J connectivity index is 1.61. The molecule has 1 aliphatic heterocycles. The molecule has 2 aromatic rings. The molecule has 1 N–H and O–H groups in total. The van der Waals surface area contributed by atoms with Gasteiger partial charge in [-0.25, -0.2) is 12.7 Å². The molecule has 5 nitrogen and oxygen atoms in total. The molecule has 0 radical (unpaired) electrons. The van der Waals surface area contributed by atoms with E-state index in [2.05, 4.69) is 5.32 Å². The van der Waals surface area contributed by atoms with Crippen LogP contribution in [0.2, 0.25) is 5.02 Å². The molecular weight excluding hydrogens is 420 g/mol. The maximum absolute atomic E-state index is 12.9. The molecule has 0 aromatic heterocycles. The number of benzene rings is 2. The number of halogens is 1. The Hall–Kier alpha value is -1.89. The summed E-state index contributed by atoms with van der Waals surface area (Å²) in [4.78, 5) is 12.9. The SMILES string of the molecule is CC(C)(Cc1ccccc1)NC(=O)C1CCCN(S(=O)(=O)Cc2ccc(Cl)cc2)C1. The van der Waals surface area contributed by atoms with Crippen LogP contribution in [0, 0.1) is 5.92 Å². The van der Waals surface area contributed by atoms with Crippen LogP contribution in [0.3, 0.4) is 0 Å². The van der Waals surface area contributed by atoms with E-state index in [0.717, 1.165) is 5.56 Å². The van der Waals surface area contributed by atoms with Crippen LogP contribution in [-0.2, 0) is 27.0 Å². The van der Waals surface area contributed by atoms with Crippen molar-refractivity contribution in [3.8, 4) is 0 Å². The monoisotopic (exact) mass is 448 g/mol. The summed E-state index contributed by atoms with van der Waals surface area (Å²) in [5.74, 6) is -0.506. The number of sulfonamides is 1. The van der Waals surface area contributed by atoms with Crippen molar-refractivity contribution in [1.29, 1.82) is 0 Å². The van der Waals surface area contributed by atoms with Crippen LogP contribution >= 0.6 is 11.6 Å². The van der Waals surface area contributed by atoms with Gasteiger partial charge in [-0.3, -0.25) is 4.79 Å². The van der Waals surface area contributed by atoms with Crippen LogP contribution in [0.4, 0.5) is 0 Å². The molecule has 30 heavy (non-hydrogen) atoms. The van der Waals surface area contributed by atoms with E-state index in [4.69, 9.17) is 11.6 Å². The zero-order valence-corrected chi connectivity index (χ0v) is 19.0. The van der Waals surface area contributed by atoms with Crippen molar-refractivity contribution in [2.24, 2.45) is 5.92 Å². The number of carbonyl (C=O) groups excluding carboxylic acids is 1. The van der Waals surface area contributed by atoms with Gasteiger partial charge in [0.15, 0.2) is 0 Å². The van der Waals surface area contributed by atoms with Crippen LogP contribution in [-0.4, -0.2) is 37.3 Å². The predicted molar refractivity (Wildman–Crippen MR) is 121 cm³/mol. The Bertz CT molecular complexity index is 960. The molecule has 1 unspecified atom stereocenters. The van der Waals surface area contributed by atoms with E-state index < -0.39 is 15.6 Å². The van der Waals surface area contributed by atoms with Crippen molar-refractivity contribution in [2.45, 2.75) is 44.4 Å². The van der Waals surface area contributed by atoms with E-state index in [-0.39, 0.29) is 24.1 Å². The first kappa shape index (κ1) is 22.8. The molecule has 1 saturated heterocycles. The smallest absolute Gasteiger partial charge is 0.224 e. The van der Waals surface area contributed by atoms with Crippen LogP contribution in [0.25, 0.3) is 0 Å². The van der Waals surface area contributed by atoms with Gasteiger partial charge in [-0.05, 0) is 56.4 Å². The number of rotatable bonds is 7. The molecule has 0 spiro atoms. The Morgan fingerprint density at radius 1 is 1.10 bits per heavy atom. The molecule has 0 aliphatic carbocycles. The number of piperidine rings is 1. The third-order valence-corrected chi connectivity index (χ3v) is 7.43. The summed E-state index contributed by atoms with van der Waals surface area (Å²) in [5, 5.41) is 3.70. The molecule has 7 heteroatoms. The van der Waals surface area contributed by atoms with E-state index in [1.54, 1.807) is 24.3 Å². The third kappa shape index (κ3) is 6.30. The molecule has 162 valence electrons. The standard InChI is InChI=1S/C23H29ClN2O3S/c1-23(2,15-18-7-4-3-5-8-18)25-22(27)20-9-6-14-26(16-20)30(28,29)17-19-10-12-21(24)13-11-19/h3-5,7-8,10-13,20H,6,9,14-17H2,1-2H3,(H,25,27). The number of amides is 1. The summed E-state index contributed by atoms with van der Waals surface area (Å²) < 4.78 is 27.2. The summed E-state index contributed by atoms with van der Waals surface area (Å²) in [6.07, 6.45) is 2.09. The lowest BCUT2D eigenvalue weighted by atomic mass is 9.92. The zero-order valence-electron chi connectivity index (χ0n) is 17.5. The highest BCUT2D eigenvalue weighted by Crippen LogP contribution is 2.23. The number of carbonyl (C=O) groups is 1. The van der Waals surface area contributed by atoms with Crippen molar-refractivity contribution < 1.29 is 13.2 Å². The van der Waals surface area contributed by atoms with Crippen molar-refractivity contribution >= 4 is 27.5 Å². The van der Waals surface area contributed by atoms with Gasteiger partial charge in [0.05, 0.1) is 11.7 Å². The minimum Gasteiger partial charge on any atom is -0.351 e. The molecule has 0 bridgehead atoms. The van der Waals surface area contributed by atoms with E-state index in [9.17, 15) is 13.2 Å². The summed E-state index contributed by atoms with van der Waals surface area (Å²) in [6, 6.07) is 16.8. The van der Waals surface area contributed by atoms with Crippen LogP contribution in [0.1, 0.15) is 37.8 Å². The molecule has 0 saturated carbocycles. The van der Waals surface area contributed by atoms with Gasteiger partial charge in [0, 0.05) is 23.7 Å². The minimum atomic E-state index is -3.50. The van der Waals surface area contributed by atoms with E-state index >= 15 is 0 Å². The average molecular weight is 449 g/mol. The number of nitrogens with one attached hydrogen (secondary N) is 1. The third-order valence-electron chi connectivity index (χ3n) is 5.36. The van der Waals surface area contributed by atoms with Gasteiger partial charge in [-0.15, -0.1) is 0 Å². The predicted octanol–water partition coefficient (Wildman–Crippen LogP) is 4.02. The van der Waals surface area contributed by atoms with Crippen molar-refractivity contribution in [3.05, 3.63) is 70.7 Å². The van der Waals surface area contributed by atoms with Gasteiger partial charge in [0.2, 0.25) is 15.9 Å². The average Bonchev–Trinajstić information content (AvgIpc) is 2.70. The van der Waals surface area contributed by atoms with Gasteiger partial charge in [-0.2, -0.15) is 0 Å². The zero-order chi connectivity index (χ0) is 21.8. The lowest BCUT2D eigenvalue weighted by molar-refractivity contribution is -0.127. The van der Waals surface area contributed by atoms with Crippen LogP contribution in [0.5, 0.6) is 0 Å². The first-order chi connectivity index (χ1) is 14.1. The Morgan fingerprint density at radius 2 is 1.77 bits per heavy atom. The quantitative estimate of drug-likeness (QED) is 0.695. The lowest BCUT2D eigenvalue weighted by Crippen LogP contribution is -2.51. The molecule has 1 atom stereocenters. The summed E-state index contributed by atoms with van der Waals surface area (Å²) in [5.41, 5.74) is 1.43. The van der Waals surface area contributed by atoms with Crippen molar-refractivity contribution in [3.63, 3.8) is 0 Å². The maximum atomic E-state index is 12.9. The lowest BCUT2D eigenvalue weighted by Gasteiger charge is -2.34. The Labute approximate surface area is 184 Å². The first-order valence-electron chi connectivity index (χ1n) is 10.2. The highest BCUT2D eigenvalue weighted by atomic mass is 35.5. The molecule has 1 heterocycles. The van der Waals surface area contributed by atoms with Crippen LogP contribution in [0.15, 0.2) is 54.6 Å². The fourth-order valence-electron chi connectivity index (χ4n) is 3.88. The fourth-order valence-corrected chi connectivity index (χ4v) is 5.61. The van der Waals surface area contributed by atoms with E-state index in [1.165, 1.54) is 4.31 Å². The largest absolute Gasteiger partial charge is 0.351 e. The Morgan fingerprint density at radius 3 is 2.43 bits per heavy atom. The van der Waals surface area contributed by atoms with Gasteiger partial charge in [0.25, 0.3) is 0 Å². The highest BCUT2D eigenvalue weighted by Gasteiger charge is 2.34. The topological polar surface area (TPSA) is 66.5 Å². The molecule has 2 aromatic carbocycles. The molecular formula is C23H29ClN2O3S. The summed E-state index contributed by atoms with van der Waals surface area (Å²) in [6.45, 7) is 4.67. The number of hydrogen-bond donors (Lipinski definition) is 1. The second-order valence-electron chi connectivity index (χ2n) is 8.62. The van der Waals surface area contributed by atoms with E-state index in [0.29, 0.717) is 36.4 Å². The number of nitrogens with zero attached hydrogens (tertiary/aromatic N) is 1. The molecule has 1 amide bonds. The highest BCUT2D eigenvalue weighted by molar-refractivity contribution is 7.88. The normalized spacial score (nSPS) is 18.2. The molecule has 1 aliphatic rings. The summed E-state index contributed by atoms with van der Waals surface area (Å²) >= 11 is 5.89. The van der Waals surface area contributed by atoms with Crippen LogP contribution < -0.4 is 5.32 Å². The second-order valence-corrected chi connectivity index (χ2v) is 11.0. The maximum Gasteiger partial charge on any atom is 0.224 e. The van der Waals surface area contributed by atoms with Gasteiger partial charge < -0.3 is 5.32 Å². The summed E-state index contributed by atoms with van der Waals surface area (Å²) in [7, 11) is -3.50. The van der Waals surface area contributed by atoms with Crippen molar-refractivity contribution in [2.75, 3.05) is 13.1 Å². The molecule has 1 fully saturated rings. The number of hydrogen-bond acceptors (Lipinski definition) is 3. The van der Waals surface area contributed by atoms with Gasteiger partial charge in [0.1, 0.15) is 0 Å². The minimum absolute atomic E-state index is 0.0812. The van der Waals surface area contributed by atoms with E-state index in [1.807, 2.05) is 44.2 Å². The molecule has 3 rings (SSSR count). The second kappa shape index (κ2) is 9.50. The van der Waals surface area contributed by atoms with Gasteiger partial charge >= 0.3 is 0 Å².